The quantitative estimate of drug-likeness (QED) is 0.618. The number of nitrogens with zero attached hydrogens (tertiary/aromatic N) is 2. The van der Waals surface area contributed by atoms with E-state index < -0.39 is 17.8 Å². The molecular formula is C8H12N4O3. The van der Waals surface area contributed by atoms with E-state index in [1.54, 1.807) is 6.92 Å². The molecule has 1 rings (SSSR count). The Labute approximate surface area is 85.9 Å². The van der Waals surface area contributed by atoms with E-state index in [-0.39, 0.29) is 12.2 Å². The Balaban J connectivity index is 2.43. The minimum atomic E-state index is -0.919. The van der Waals surface area contributed by atoms with Gasteiger partial charge < -0.3 is 10.4 Å². The first kappa shape index (κ1) is 11.2. The van der Waals surface area contributed by atoms with Crippen LogP contribution in [0.15, 0.2) is 6.20 Å². The number of H-pyrrole nitrogens is 1. The van der Waals surface area contributed by atoms with Crippen molar-refractivity contribution in [2.45, 2.75) is 13.3 Å². The summed E-state index contributed by atoms with van der Waals surface area (Å²) < 4.78 is 0. The summed E-state index contributed by atoms with van der Waals surface area (Å²) in [5.41, 5.74) is 0.148. The summed E-state index contributed by atoms with van der Waals surface area (Å²) in [5, 5.41) is 20.5. The third-order valence-corrected chi connectivity index (χ3v) is 2.00. The Morgan fingerprint density at radius 1 is 1.67 bits per heavy atom. The standard InChI is InChI=1S/C8H12N4O3/c1-2-5(8(14)15)3-9-7(13)6-4-10-12-11-6/h4-5H,2-3H2,1H3,(H,9,13)(H,14,15)(H,10,11,12). The van der Waals surface area contributed by atoms with Crippen LogP contribution in [0.25, 0.3) is 0 Å². The van der Waals surface area contributed by atoms with Crippen LogP contribution in [0.5, 0.6) is 0 Å². The van der Waals surface area contributed by atoms with Crippen molar-refractivity contribution in [2.75, 3.05) is 6.54 Å². The second kappa shape index (κ2) is 5.08. The zero-order valence-corrected chi connectivity index (χ0v) is 8.23. The van der Waals surface area contributed by atoms with Gasteiger partial charge in [0.25, 0.3) is 5.91 Å². The number of amides is 1. The largest absolute Gasteiger partial charge is 0.481 e. The number of rotatable bonds is 5. The van der Waals surface area contributed by atoms with Gasteiger partial charge in [-0.25, -0.2) is 0 Å². The maximum Gasteiger partial charge on any atom is 0.308 e. The zero-order chi connectivity index (χ0) is 11.3. The SMILES string of the molecule is CCC(CNC(=O)c1cn[nH]n1)C(=O)O. The molecule has 1 amide bonds. The predicted octanol–water partition coefficient (Wildman–Crippen LogP) is -0.355. The van der Waals surface area contributed by atoms with Crippen LogP contribution in [-0.2, 0) is 4.79 Å². The average molecular weight is 212 g/mol. The van der Waals surface area contributed by atoms with Gasteiger partial charge in [-0.1, -0.05) is 6.92 Å². The fraction of sp³-hybridized carbons (Fsp3) is 0.500. The van der Waals surface area contributed by atoms with Crippen LogP contribution in [0.2, 0.25) is 0 Å². The molecule has 0 fully saturated rings. The summed E-state index contributed by atoms with van der Waals surface area (Å²) in [5.74, 6) is -1.91. The molecule has 0 aliphatic heterocycles. The van der Waals surface area contributed by atoms with Gasteiger partial charge in [-0.05, 0) is 6.42 Å². The monoisotopic (exact) mass is 212 g/mol. The molecule has 3 N–H and O–H groups in total. The Morgan fingerprint density at radius 3 is 2.87 bits per heavy atom. The van der Waals surface area contributed by atoms with E-state index in [0.717, 1.165) is 0 Å². The van der Waals surface area contributed by atoms with Gasteiger partial charge in [-0.2, -0.15) is 15.4 Å². The number of nitrogens with one attached hydrogen (secondary N) is 2. The van der Waals surface area contributed by atoms with Gasteiger partial charge in [0, 0.05) is 6.54 Å². The van der Waals surface area contributed by atoms with E-state index >= 15 is 0 Å². The fourth-order valence-corrected chi connectivity index (χ4v) is 1.02. The van der Waals surface area contributed by atoms with Crippen LogP contribution < -0.4 is 5.32 Å². The van der Waals surface area contributed by atoms with Crippen molar-refractivity contribution in [2.24, 2.45) is 5.92 Å². The molecule has 0 bridgehead atoms. The summed E-state index contributed by atoms with van der Waals surface area (Å²) in [6, 6.07) is 0. The zero-order valence-electron chi connectivity index (χ0n) is 8.23. The number of carboxylic acid groups (broad SMARTS) is 1. The fourth-order valence-electron chi connectivity index (χ4n) is 1.02. The van der Waals surface area contributed by atoms with Crippen LogP contribution in [0, 0.1) is 5.92 Å². The molecule has 0 aliphatic rings. The van der Waals surface area contributed by atoms with Gasteiger partial charge in [0.05, 0.1) is 12.1 Å². The number of carbonyl (C=O) groups excluding carboxylic acids is 1. The predicted molar refractivity (Wildman–Crippen MR) is 50.1 cm³/mol. The maximum atomic E-state index is 11.3. The minimum Gasteiger partial charge on any atom is -0.481 e. The third kappa shape index (κ3) is 3.04. The summed E-state index contributed by atoms with van der Waals surface area (Å²) in [4.78, 5) is 22.0. The highest BCUT2D eigenvalue weighted by Crippen LogP contribution is 2.00. The Hall–Kier alpha value is -1.92. The first-order chi connectivity index (χ1) is 7.15. The van der Waals surface area contributed by atoms with Crippen molar-refractivity contribution in [3.8, 4) is 0 Å². The molecular weight excluding hydrogens is 200 g/mol. The maximum absolute atomic E-state index is 11.3. The lowest BCUT2D eigenvalue weighted by Gasteiger charge is -2.09. The van der Waals surface area contributed by atoms with E-state index in [2.05, 4.69) is 20.7 Å². The summed E-state index contributed by atoms with van der Waals surface area (Å²) in [7, 11) is 0. The molecule has 1 unspecified atom stereocenters. The van der Waals surface area contributed by atoms with E-state index in [1.165, 1.54) is 6.20 Å². The molecule has 0 aliphatic carbocycles. The smallest absolute Gasteiger partial charge is 0.308 e. The number of aromatic nitrogens is 3. The lowest BCUT2D eigenvalue weighted by molar-refractivity contribution is -0.141. The van der Waals surface area contributed by atoms with Crippen LogP contribution in [0.4, 0.5) is 0 Å². The normalized spacial score (nSPS) is 12.1. The highest BCUT2D eigenvalue weighted by Gasteiger charge is 2.17. The van der Waals surface area contributed by atoms with Gasteiger partial charge in [0.15, 0.2) is 5.69 Å². The molecule has 7 heteroatoms. The molecule has 0 radical (unpaired) electrons. The summed E-state index contributed by atoms with van der Waals surface area (Å²) in [6.45, 7) is 1.85. The molecule has 1 aromatic rings. The first-order valence-corrected chi connectivity index (χ1v) is 4.52. The van der Waals surface area contributed by atoms with Crippen LogP contribution >= 0.6 is 0 Å². The number of carboxylic acids is 1. The summed E-state index contributed by atoms with van der Waals surface area (Å²) >= 11 is 0. The van der Waals surface area contributed by atoms with Crippen molar-refractivity contribution < 1.29 is 14.7 Å². The molecule has 1 atom stereocenters. The first-order valence-electron chi connectivity index (χ1n) is 4.52. The minimum absolute atomic E-state index is 0.0948. The van der Waals surface area contributed by atoms with Gasteiger partial charge in [-0.15, -0.1) is 0 Å². The van der Waals surface area contributed by atoms with Crippen molar-refractivity contribution in [3.05, 3.63) is 11.9 Å². The van der Waals surface area contributed by atoms with E-state index in [9.17, 15) is 9.59 Å². The number of aliphatic carboxylic acids is 1. The topological polar surface area (TPSA) is 108 Å². The van der Waals surface area contributed by atoms with Gasteiger partial charge in [0.1, 0.15) is 0 Å². The number of hydrogen-bond donors (Lipinski definition) is 3. The lowest BCUT2D eigenvalue weighted by Crippen LogP contribution is -2.32. The second-order valence-corrected chi connectivity index (χ2v) is 3.01. The molecule has 0 saturated heterocycles. The summed E-state index contributed by atoms with van der Waals surface area (Å²) in [6.07, 6.45) is 1.74. The third-order valence-electron chi connectivity index (χ3n) is 2.00. The average Bonchev–Trinajstić information content (AvgIpc) is 2.70. The van der Waals surface area contributed by atoms with Crippen molar-refractivity contribution in [1.82, 2.24) is 20.7 Å². The molecule has 0 aromatic carbocycles. The van der Waals surface area contributed by atoms with Gasteiger partial charge >= 0.3 is 5.97 Å². The van der Waals surface area contributed by atoms with E-state index in [4.69, 9.17) is 5.11 Å². The second-order valence-electron chi connectivity index (χ2n) is 3.01. The van der Waals surface area contributed by atoms with Crippen molar-refractivity contribution in [3.63, 3.8) is 0 Å². The number of carbonyl (C=O) groups is 2. The molecule has 0 spiro atoms. The van der Waals surface area contributed by atoms with Crippen LogP contribution in [0.1, 0.15) is 23.8 Å². The number of hydrogen-bond acceptors (Lipinski definition) is 4. The highest BCUT2D eigenvalue weighted by atomic mass is 16.4. The lowest BCUT2D eigenvalue weighted by atomic mass is 10.1. The van der Waals surface area contributed by atoms with E-state index in [1.807, 2.05) is 0 Å². The Kier molecular flexibility index (Phi) is 3.78. The van der Waals surface area contributed by atoms with Crippen molar-refractivity contribution in [1.29, 1.82) is 0 Å². The van der Waals surface area contributed by atoms with Crippen LogP contribution in [0.3, 0.4) is 0 Å². The van der Waals surface area contributed by atoms with Crippen LogP contribution in [-0.4, -0.2) is 38.9 Å². The molecule has 0 saturated carbocycles. The molecule has 15 heavy (non-hydrogen) atoms. The Bertz CT molecular complexity index is 336. The van der Waals surface area contributed by atoms with E-state index in [0.29, 0.717) is 6.42 Å². The Morgan fingerprint density at radius 2 is 2.40 bits per heavy atom. The van der Waals surface area contributed by atoms with Crippen molar-refractivity contribution >= 4 is 11.9 Å². The number of aromatic amines is 1. The van der Waals surface area contributed by atoms with Gasteiger partial charge in [0.2, 0.25) is 0 Å². The highest BCUT2D eigenvalue weighted by molar-refractivity contribution is 5.92. The molecule has 1 heterocycles. The molecule has 82 valence electrons. The molecule has 1 aromatic heterocycles. The molecule has 7 nitrogen and oxygen atoms in total. The van der Waals surface area contributed by atoms with Gasteiger partial charge in [-0.3, -0.25) is 9.59 Å².